The minimum Gasteiger partial charge on any atom is -0.461 e. The van der Waals surface area contributed by atoms with Gasteiger partial charge in [0.1, 0.15) is 41.9 Å². The Balaban J connectivity index is 1.54. The van der Waals surface area contributed by atoms with Gasteiger partial charge in [0, 0.05) is 11.9 Å². The third-order valence-corrected chi connectivity index (χ3v) is 8.70. The largest absolute Gasteiger partial charge is 0.461 e. The first-order chi connectivity index (χ1) is 24.5. The van der Waals surface area contributed by atoms with Gasteiger partial charge in [0.05, 0.1) is 11.1 Å². The molecular formula is C38H44N2O11S. The average molecular weight is 737 g/mol. The molecule has 0 saturated carbocycles. The van der Waals surface area contributed by atoms with Gasteiger partial charge in [-0.05, 0) is 71.0 Å². The molecule has 13 nitrogen and oxygen atoms in total. The van der Waals surface area contributed by atoms with Crippen molar-refractivity contribution in [3.8, 4) is 0 Å². The number of nitrogens with one attached hydrogen (secondary N) is 1. The number of nitrogens with zero attached hydrogens (tertiary/aromatic N) is 1. The Morgan fingerprint density at radius 3 is 1.81 bits per heavy atom. The predicted octanol–water partition coefficient (Wildman–Crippen LogP) is 4.62. The quantitative estimate of drug-likeness (QED) is 0.196. The standard InChI is InChI=1S/C38H44N2O11S/c1-37(2,3)51-36(46)40(6)22-28(41)39-38(4,5)35(45)47-23-27-29(42)30(49-32(43)24-16-10-7-11-17-24)31(50-33(44)25-18-12-8-13-19-25)34(48-27)52-26-20-14-9-15-21-26/h7-21,27,29-31,34,42H,22-23H2,1-6H3,(H,39,41)/t27-,29+,30+,31-,34+/m1/s1. The molecule has 5 atom stereocenters. The Kier molecular flexibility index (Phi) is 13.4. The summed E-state index contributed by atoms with van der Waals surface area (Å²) in [5, 5.41) is 14.2. The summed E-state index contributed by atoms with van der Waals surface area (Å²) in [6.07, 6.45) is -6.40. The monoisotopic (exact) mass is 736 g/mol. The molecule has 0 aromatic heterocycles. The van der Waals surface area contributed by atoms with Crippen LogP contribution in [0.15, 0.2) is 95.9 Å². The first kappa shape index (κ1) is 39.9. The van der Waals surface area contributed by atoms with Gasteiger partial charge in [0.15, 0.2) is 12.2 Å². The fourth-order valence-electron chi connectivity index (χ4n) is 4.95. The van der Waals surface area contributed by atoms with Crippen molar-refractivity contribution in [2.24, 2.45) is 0 Å². The van der Waals surface area contributed by atoms with Crippen LogP contribution in [0.5, 0.6) is 0 Å². The van der Waals surface area contributed by atoms with E-state index in [1.807, 2.05) is 6.07 Å². The molecular weight excluding hydrogens is 692 g/mol. The Bertz CT molecular complexity index is 1680. The maximum absolute atomic E-state index is 13.3. The average Bonchev–Trinajstić information content (AvgIpc) is 3.10. The Morgan fingerprint density at radius 1 is 0.788 bits per heavy atom. The summed E-state index contributed by atoms with van der Waals surface area (Å²) in [5.74, 6) is -3.05. The maximum atomic E-state index is 13.3. The lowest BCUT2D eigenvalue weighted by molar-refractivity contribution is -0.212. The van der Waals surface area contributed by atoms with Crippen molar-refractivity contribution in [1.82, 2.24) is 10.2 Å². The van der Waals surface area contributed by atoms with Crippen molar-refractivity contribution in [3.63, 3.8) is 0 Å². The first-order valence-electron chi connectivity index (χ1n) is 16.5. The van der Waals surface area contributed by atoms with E-state index in [-0.39, 0.29) is 11.1 Å². The number of carbonyl (C=O) groups excluding carboxylic acids is 5. The molecule has 2 N–H and O–H groups in total. The molecule has 0 unspecified atom stereocenters. The normalized spacial score (nSPS) is 20.2. The van der Waals surface area contributed by atoms with Crippen LogP contribution >= 0.6 is 11.8 Å². The molecule has 52 heavy (non-hydrogen) atoms. The van der Waals surface area contributed by atoms with Gasteiger partial charge in [-0.15, -0.1) is 0 Å². The van der Waals surface area contributed by atoms with E-state index in [9.17, 15) is 29.1 Å². The smallest absolute Gasteiger partial charge is 0.410 e. The second-order valence-electron chi connectivity index (χ2n) is 13.5. The van der Waals surface area contributed by atoms with E-state index >= 15 is 0 Å². The zero-order valence-electron chi connectivity index (χ0n) is 29.8. The summed E-state index contributed by atoms with van der Waals surface area (Å²) in [4.78, 5) is 66.8. The Hall–Kier alpha value is -4.92. The van der Waals surface area contributed by atoms with Crippen LogP contribution in [0.4, 0.5) is 4.79 Å². The van der Waals surface area contributed by atoms with Gasteiger partial charge >= 0.3 is 24.0 Å². The van der Waals surface area contributed by atoms with Crippen molar-refractivity contribution in [1.29, 1.82) is 0 Å². The molecule has 0 aliphatic carbocycles. The summed E-state index contributed by atoms with van der Waals surface area (Å²) in [7, 11) is 1.38. The van der Waals surface area contributed by atoms with Gasteiger partial charge < -0.3 is 39.0 Å². The number of rotatable bonds is 12. The highest BCUT2D eigenvalue weighted by molar-refractivity contribution is 7.99. The SMILES string of the molecule is CN(CC(=O)NC(C)(C)C(=O)OC[C@H]1O[C@@H](Sc2ccccc2)[C@H](OC(=O)c2ccccc2)[C@@H](OC(=O)c2ccccc2)[C@H]1O)C(=O)OC(C)(C)C. The number of benzene rings is 3. The zero-order chi connectivity index (χ0) is 38.1. The number of hydrogen-bond donors (Lipinski definition) is 2. The zero-order valence-corrected chi connectivity index (χ0v) is 30.7. The van der Waals surface area contributed by atoms with Gasteiger partial charge in [0.2, 0.25) is 5.91 Å². The molecule has 1 aliphatic heterocycles. The van der Waals surface area contributed by atoms with Crippen molar-refractivity contribution >= 4 is 41.7 Å². The van der Waals surface area contributed by atoms with Gasteiger partial charge in [-0.2, -0.15) is 0 Å². The molecule has 1 heterocycles. The molecule has 0 bridgehead atoms. The molecule has 3 aromatic rings. The van der Waals surface area contributed by atoms with Crippen LogP contribution in [-0.4, -0.2) is 101 Å². The third-order valence-electron chi connectivity index (χ3n) is 7.55. The highest BCUT2D eigenvalue weighted by atomic mass is 32.2. The lowest BCUT2D eigenvalue weighted by Crippen LogP contribution is -2.61. The molecule has 14 heteroatoms. The van der Waals surface area contributed by atoms with Crippen LogP contribution in [0.2, 0.25) is 0 Å². The number of hydrogen-bond acceptors (Lipinski definition) is 12. The number of aliphatic hydroxyl groups is 1. The summed E-state index contributed by atoms with van der Waals surface area (Å²) in [5.41, 5.74) is -2.97. The summed E-state index contributed by atoms with van der Waals surface area (Å²) < 4.78 is 28.8. The van der Waals surface area contributed by atoms with Crippen LogP contribution in [0.25, 0.3) is 0 Å². The lowest BCUT2D eigenvalue weighted by atomic mass is 9.99. The van der Waals surface area contributed by atoms with E-state index in [2.05, 4.69) is 5.32 Å². The highest BCUT2D eigenvalue weighted by Gasteiger charge is 2.51. The van der Waals surface area contributed by atoms with Crippen LogP contribution in [0.3, 0.4) is 0 Å². The number of thioether (sulfide) groups is 1. The second-order valence-corrected chi connectivity index (χ2v) is 14.7. The van der Waals surface area contributed by atoms with Gasteiger partial charge in [-0.1, -0.05) is 66.4 Å². The van der Waals surface area contributed by atoms with E-state index in [1.54, 1.807) is 93.6 Å². The summed E-state index contributed by atoms with van der Waals surface area (Å²) in [6, 6.07) is 25.3. The molecule has 1 fully saturated rings. The topological polar surface area (TPSA) is 167 Å². The number of ether oxygens (including phenoxy) is 5. The maximum Gasteiger partial charge on any atom is 0.410 e. The number of aliphatic hydroxyl groups excluding tert-OH is 1. The van der Waals surface area contributed by atoms with Crippen molar-refractivity contribution in [2.45, 2.75) is 80.5 Å². The first-order valence-corrected chi connectivity index (χ1v) is 17.4. The number of likely N-dealkylation sites (N-methyl/N-ethyl adjacent to an activating group) is 1. The fourth-order valence-corrected chi connectivity index (χ4v) is 6.07. The van der Waals surface area contributed by atoms with E-state index < -0.39 is 84.1 Å². The minimum absolute atomic E-state index is 0.194. The highest BCUT2D eigenvalue weighted by Crippen LogP contribution is 2.37. The number of carbonyl (C=O) groups is 5. The summed E-state index contributed by atoms with van der Waals surface area (Å²) in [6.45, 7) is 6.99. The number of amides is 2. The van der Waals surface area contributed by atoms with Crippen LogP contribution in [0.1, 0.15) is 55.3 Å². The van der Waals surface area contributed by atoms with Gasteiger partial charge in [0.25, 0.3) is 0 Å². The molecule has 0 spiro atoms. The molecule has 1 aliphatic rings. The minimum atomic E-state index is -1.64. The fraction of sp³-hybridized carbons (Fsp3) is 0.395. The Morgan fingerprint density at radius 2 is 1.29 bits per heavy atom. The lowest BCUT2D eigenvalue weighted by Gasteiger charge is -2.43. The van der Waals surface area contributed by atoms with Gasteiger partial charge in [-0.25, -0.2) is 19.2 Å². The molecule has 278 valence electrons. The van der Waals surface area contributed by atoms with E-state index in [0.717, 1.165) is 16.7 Å². The van der Waals surface area contributed by atoms with Crippen LogP contribution in [-0.2, 0) is 33.3 Å². The molecule has 2 amide bonds. The molecule has 0 radical (unpaired) electrons. The van der Waals surface area contributed by atoms with E-state index in [4.69, 9.17) is 23.7 Å². The third kappa shape index (κ3) is 11.3. The van der Waals surface area contributed by atoms with Crippen molar-refractivity contribution < 1.29 is 52.8 Å². The molecule has 1 saturated heterocycles. The van der Waals surface area contributed by atoms with Crippen LogP contribution < -0.4 is 5.32 Å². The molecule has 4 rings (SSSR count). The second kappa shape index (κ2) is 17.5. The predicted molar refractivity (Wildman–Crippen MR) is 190 cm³/mol. The van der Waals surface area contributed by atoms with Crippen molar-refractivity contribution in [3.05, 3.63) is 102 Å². The van der Waals surface area contributed by atoms with Crippen molar-refractivity contribution in [2.75, 3.05) is 20.2 Å². The van der Waals surface area contributed by atoms with E-state index in [1.165, 1.54) is 33.0 Å². The number of esters is 3. The van der Waals surface area contributed by atoms with Crippen LogP contribution in [0, 0.1) is 0 Å². The Labute approximate surface area is 306 Å². The summed E-state index contributed by atoms with van der Waals surface area (Å²) >= 11 is 1.16. The van der Waals surface area contributed by atoms with E-state index in [0.29, 0.717) is 4.90 Å². The molecule has 3 aromatic carbocycles. The van der Waals surface area contributed by atoms with Gasteiger partial charge in [-0.3, -0.25) is 4.79 Å².